The number of nitrogens with zero attached hydrogens (tertiary/aromatic N) is 2. The van der Waals surface area contributed by atoms with Crippen LogP contribution in [0.3, 0.4) is 0 Å². The number of carbonyl (C=O) groups is 2. The Morgan fingerprint density at radius 2 is 2.04 bits per heavy atom. The van der Waals surface area contributed by atoms with Crippen molar-refractivity contribution in [2.24, 2.45) is 5.92 Å². The molecule has 1 saturated carbocycles. The Bertz CT molecular complexity index is 905. The first-order chi connectivity index (χ1) is 12.5. The molecule has 0 spiro atoms. The highest BCUT2D eigenvalue weighted by molar-refractivity contribution is 5.96. The van der Waals surface area contributed by atoms with Gasteiger partial charge in [0, 0.05) is 11.3 Å². The first-order valence-corrected chi connectivity index (χ1v) is 8.56. The number of hydrogen-bond donors (Lipinski definition) is 2. The lowest BCUT2D eigenvalue weighted by Crippen LogP contribution is -2.42. The first-order valence-electron chi connectivity index (χ1n) is 8.56. The molecule has 6 nitrogen and oxygen atoms in total. The van der Waals surface area contributed by atoms with Crippen LogP contribution in [-0.4, -0.2) is 32.8 Å². The van der Waals surface area contributed by atoms with Crippen LogP contribution in [0, 0.1) is 17.6 Å². The quantitative estimate of drug-likeness (QED) is 0.855. The molecule has 2 aliphatic carbocycles. The number of carboxylic acids is 1. The van der Waals surface area contributed by atoms with E-state index in [0.29, 0.717) is 24.1 Å². The van der Waals surface area contributed by atoms with Gasteiger partial charge in [0.2, 0.25) is 0 Å². The highest BCUT2D eigenvalue weighted by atomic mass is 19.2. The third kappa shape index (κ3) is 2.75. The van der Waals surface area contributed by atoms with Crippen LogP contribution in [0.4, 0.5) is 8.78 Å². The van der Waals surface area contributed by atoms with Crippen LogP contribution in [-0.2, 0) is 17.6 Å². The standard InChI is InChI=1S/C18H17F2N3O3/c19-11-4-2-6-13(14(11)20)23-12-5-1-3-10(12)16(22-23)17(24)21-15(18(25)26)9-7-8-9/h2,4,6,9,15H,1,3,5,7-8H2,(H,21,24)(H,25,26). The summed E-state index contributed by atoms with van der Waals surface area (Å²) in [6.07, 6.45) is 3.48. The normalized spacial score (nSPS) is 17.0. The number of fused-ring (bicyclic) bond motifs is 1. The fourth-order valence-electron chi connectivity index (χ4n) is 3.50. The number of halogens is 2. The topological polar surface area (TPSA) is 84.2 Å². The van der Waals surface area contributed by atoms with Gasteiger partial charge in [0.1, 0.15) is 11.7 Å². The molecule has 1 amide bonds. The number of nitrogens with one attached hydrogen (secondary N) is 1. The molecule has 1 aromatic heterocycles. The summed E-state index contributed by atoms with van der Waals surface area (Å²) in [6.45, 7) is 0. The second kappa shape index (κ2) is 6.19. The maximum atomic E-state index is 14.2. The van der Waals surface area contributed by atoms with Crippen LogP contribution in [0.15, 0.2) is 18.2 Å². The summed E-state index contributed by atoms with van der Waals surface area (Å²) in [4.78, 5) is 24.0. The van der Waals surface area contributed by atoms with Gasteiger partial charge in [-0.15, -0.1) is 0 Å². The van der Waals surface area contributed by atoms with E-state index in [1.54, 1.807) is 0 Å². The lowest BCUT2D eigenvalue weighted by molar-refractivity contribution is -0.139. The summed E-state index contributed by atoms with van der Waals surface area (Å²) in [5, 5.41) is 16.0. The van der Waals surface area contributed by atoms with Gasteiger partial charge in [-0.05, 0) is 50.2 Å². The molecule has 8 heteroatoms. The second-order valence-electron chi connectivity index (χ2n) is 6.74. The van der Waals surface area contributed by atoms with E-state index in [4.69, 9.17) is 0 Å². The molecule has 26 heavy (non-hydrogen) atoms. The van der Waals surface area contributed by atoms with Crippen LogP contribution in [0.2, 0.25) is 0 Å². The van der Waals surface area contributed by atoms with Gasteiger partial charge in [0.15, 0.2) is 17.3 Å². The average molecular weight is 361 g/mol. The molecule has 1 fully saturated rings. The number of amides is 1. The largest absolute Gasteiger partial charge is 0.480 e. The van der Waals surface area contributed by atoms with E-state index in [1.807, 2.05) is 0 Å². The van der Waals surface area contributed by atoms with E-state index >= 15 is 0 Å². The molecule has 1 heterocycles. The van der Waals surface area contributed by atoms with E-state index in [0.717, 1.165) is 25.3 Å². The molecule has 0 aliphatic heterocycles. The van der Waals surface area contributed by atoms with Crippen LogP contribution in [0.25, 0.3) is 5.69 Å². The lowest BCUT2D eigenvalue weighted by atomic mass is 10.1. The zero-order chi connectivity index (χ0) is 18.4. The van der Waals surface area contributed by atoms with Gasteiger partial charge in [0.25, 0.3) is 5.91 Å². The maximum absolute atomic E-state index is 14.2. The van der Waals surface area contributed by atoms with E-state index in [-0.39, 0.29) is 17.3 Å². The van der Waals surface area contributed by atoms with E-state index in [2.05, 4.69) is 10.4 Å². The average Bonchev–Trinajstić information content (AvgIpc) is 3.21. The Morgan fingerprint density at radius 1 is 1.27 bits per heavy atom. The number of aromatic nitrogens is 2. The summed E-state index contributed by atoms with van der Waals surface area (Å²) in [6, 6.07) is 2.85. The predicted molar refractivity (Wildman–Crippen MR) is 87.1 cm³/mol. The van der Waals surface area contributed by atoms with Gasteiger partial charge < -0.3 is 10.4 Å². The van der Waals surface area contributed by atoms with Crippen molar-refractivity contribution in [3.05, 3.63) is 46.8 Å². The number of hydrogen-bond acceptors (Lipinski definition) is 3. The summed E-state index contributed by atoms with van der Waals surface area (Å²) >= 11 is 0. The third-order valence-electron chi connectivity index (χ3n) is 4.95. The minimum absolute atomic E-state index is 0.0563. The Kier molecular flexibility index (Phi) is 3.97. The zero-order valence-corrected chi connectivity index (χ0v) is 13.8. The van der Waals surface area contributed by atoms with Gasteiger partial charge >= 0.3 is 5.97 Å². The number of rotatable bonds is 5. The van der Waals surface area contributed by atoms with Crippen molar-refractivity contribution in [1.82, 2.24) is 15.1 Å². The molecule has 0 saturated heterocycles. The minimum atomic E-state index is -1.08. The first kappa shape index (κ1) is 16.7. The second-order valence-corrected chi connectivity index (χ2v) is 6.74. The third-order valence-corrected chi connectivity index (χ3v) is 4.95. The van der Waals surface area contributed by atoms with Crippen molar-refractivity contribution in [2.45, 2.75) is 38.1 Å². The molecular formula is C18H17F2N3O3. The molecule has 0 radical (unpaired) electrons. The van der Waals surface area contributed by atoms with Crippen LogP contribution >= 0.6 is 0 Å². The van der Waals surface area contributed by atoms with Crippen molar-refractivity contribution >= 4 is 11.9 Å². The predicted octanol–water partition coefficient (Wildman–Crippen LogP) is 2.23. The lowest BCUT2D eigenvalue weighted by Gasteiger charge is -2.12. The zero-order valence-electron chi connectivity index (χ0n) is 13.8. The van der Waals surface area contributed by atoms with Crippen molar-refractivity contribution in [3.63, 3.8) is 0 Å². The highest BCUT2D eigenvalue weighted by Gasteiger charge is 2.38. The number of aliphatic carboxylic acids is 1. The Balaban J connectivity index is 1.71. The van der Waals surface area contributed by atoms with Crippen molar-refractivity contribution in [3.8, 4) is 5.69 Å². The summed E-state index contributed by atoms with van der Waals surface area (Å²) < 4.78 is 29.0. The van der Waals surface area contributed by atoms with Gasteiger partial charge in [-0.1, -0.05) is 6.07 Å². The highest BCUT2D eigenvalue weighted by Crippen LogP contribution is 2.33. The molecule has 2 N–H and O–H groups in total. The Labute approximate surface area is 147 Å². The summed E-state index contributed by atoms with van der Waals surface area (Å²) in [5.41, 5.74) is 1.37. The molecule has 1 atom stereocenters. The van der Waals surface area contributed by atoms with E-state index in [1.165, 1.54) is 16.8 Å². The van der Waals surface area contributed by atoms with Gasteiger partial charge in [-0.3, -0.25) is 4.79 Å². The van der Waals surface area contributed by atoms with Gasteiger partial charge in [-0.2, -0.15) is 5.10 Å². The van der Waals surface area contributed by atoms with Crippen LogP contribution in [0.1, 0.15) is 41.0 Å². The van der Waals surface area contributed by atoms with Crippen molar-refractivity contribution in [2.75, 3.05) is 0 Å². The fraction of sp³-hybridized carbons (Fsp3) is 0.389. The Hall–Kier alpha value is -2.77. The SMILES string of the molecule is O=C(NC(C(=O)O)C1CC1)c1nn(-c2cccc(F)c2F)c2c1CCC2. The molecule has 1 unspecified atom stereocenters. The van der Waals surface area contributed by atoms with E-state index in [9.17, 15) is 23.5 Å². The van der Waals surface area contributed by atoms with Crippen molar-refractivity contribution in [1.29, 1.82) is 0 Å². The number of carbonyl (C=O) groups excluding carboxylic acids is 1. The molecule has 2 aromatic rings. The molecule has 2 aliphatic rings. The van der Waals surface area contributed by atoms with Crippen LogP contribution < -0.4 is 5.32 Å². The fourth-order valence-corrected chi connectivity index (χ4v) is 3.50. The summed E-state index contributed by atoms with van der Waals surface area (Å²) in [7, 11) is 0. The monoisotopic (exact) mass is 361 g/mol. The van der Waals surface area contributed by atoms with Gasteiger partial charge in [-0.25, -0.2) is 18.3 Å². The van der Waals surface area contributed by atoms with Crippen LogP contribution in [0.5, 0.6) is 0 Å². The number of carboxylic acid groups (broad SMARTS) is 1. The van der Waals surface area contributed by atoms with Gasteiger partial charge in [0.05, 0.1) is 0 Å². The number of benzene rings is 1. The molecular weight excluding hydrogens is 344 g/mol. The summed E-state index contributed by atoms with van der Waals surface area (Å²) in [5.74, 6) is -3.74. The van der Waals surface area contributed by atoms with E-state index < -0.39 is 29.6 Å². The molecule has 0 bridgehead atoms. The minimum Gasteiger partial charge on any atom is -0.480 e. The Morgan fingerprint density at radius 3 is 2.73 bits per heavy atom. The maximum Gasteiger partial charge on any atom is 0.326 e. The molecule has 1 aromatic carbocycles. The molecule has 4 rings (SSSR count). The molecule has 136 valence electrons. The smallest absolute Gasteiger partial charge is 0.326 e. The van der Waals surface area contributed by atoms with Crippen molar-refractivity contribution < 1.29 is 23.5 Å².